The van der Waals surface area contributed by atoms with Crippen molar-refractivity contribution in [2.75, 3.05) is 38.1 Å². The molecule has 2 heterocycles. The Hall–Kier alpha value is -2.29. The van der Waals surface area contributed by atoms with Gasteiger partial charge in [-0.05, 0) is 68.9 Å². The van der Waals surface area contributed by atoms with E-state index in [2.05, 4.69) is 5.32 Å². The highest BCUT2D eigenvalue weighted by Crippen LogP contribution is 2.40. The maximum Gasteiger partial charge on any atom is 0.317 e. The molecule has 0 spiro atoms. The van der Waals surface area contributed by atoms with E-state index in [1.807, 2.05) is 47.1 Å². The Kier molecular flexibility index (Phi) is 7.70. The first kappa shape index (κ1) is 24.8. The lowest BCUT2D eigenvalue weighted by Gasteiger charge is -2.27. The van der Waals surface area contributed by atoms with Crippen LogP contribution >= 0.6 is 11.6 Å². The monoisotopic (exact) mass is 504 g/mol. The Balaban J connectivity index is 1.55. The zero-order valence-electron chi connectivity index (χ0n) is 19.8. The van der Waals surface area contributed by atoms with E-state index < -0.39 is 10.0 Å². The molecule has 184 valence electrons. The molecule has 2 aliphatic rings. The molecule has 1 N–H and O–H groups in total. The molecule has 0 saturated carbocycles. The van der Waals surface area contributed by atoms with Crippen molar-refractivity contribution in [3.63, 3.8) is 0 Å². The van der Waals surface area contributed by atoms with Gasteiger partial charge in [-0.25, -0.2) is 13.2 Å². The van der Waals surface area contributed by atoms with Crippen LogP contribution in [0.25, 0.3) is 0 Å². The molecular formula is C25H33ClN4O3S. The van der Waals surface area contributed by atoms with E-state index in [0.717, 1.165) is 37.2 Å². The first-order valence-electron chi connectivity index (χ1n) is 11.9. The van der Waals surface area contributed by atoms with E-state index in [-0.39, 0.29) is 17.0 Å². The van der Waals surface area contributed by atoms with Gasteiger partial charge in [0.05, 0.1) is 5.69 Å². The number of hydrogen-bond donors (Lipinski definition) is 1. The number of halogens is 1. The number of likely N-dealkylation sites (N-methyl/N-ethyl adjacent to an activating group) is 1. The number of anilines is 2. The summed E-state index contributed by atoms with van der Waals surface area (Å²) >= 11 is 6.67. The second-order valence-corrected chi connectivity index (χ2v) is 11.5. The third-order valence-corrected chi connectivity index (χ3v) is 9.11. The number of sulfonamides is 1. The number of fused-ring (bicyclic) bond motifs is 1. The summed E-state index contributed by atoms with van der Waals surface area (Å²) in [6.07, 6.45) is 4.54. The first-order valence-corrected chi connectivity index (χ1v) is 13.8. The second-order valence-electron chi connectivity index (χ2n) is 9.11. The van der Waals surface area contributed by atoms with Crippen LogP contribution in [0.3, 0.4) is 0 Å². The van der Waals surface area contributed by atoms with Gasteiger partial charge in [-0.1, -0.05) is 29.8 Å². The number of likely N-dealkylation sites (tertiary alicyclic amines) is 1. The predicted octanol–water partition coefficient (Wildman–Crippen LogP) is 4.63. The van der Waals surface area contributed by atoms with E-state index in [0.29, 0.717) is 36.6 Å². The number of benzene rings is 2. The number of nitrogens with zero attached hydrogens (tertiary/aromatic N) is 3. The highest BCUT2D eigenvalue weighted by molar-refractivity contribution is 7.89. The van der Waals surface area contributed by atoms with Crippen molar-refractivity contribution in [2.45, 2.75) is 50.0 Å². The van der Waals surface area contributed by atoms with Gasteiger partial charge >= 0.3 is 6.03 Å². The van der Waals surface area contributed by atoms with Crippen molar-refractivity contribution >= 4 is 39.0 Å². The summed E-state index contributed by atoms with van der Waals surface area (Å²) in [7, 11) is -2.06. The molecule has 4 rings (SSSR count). The fourth-order valence-electron chi connectivity index (χ4n) is 4.60. The fraction of sp³-hybridized carbons (Fsp3) is 0.480. The summed E-state index contributed by atoms with van der Waals surface area (Å²) in [4.78, 5) is 16.5. The van der Waals surface area contributed by atoms with Gasteiger partial charge in [-0.15, -0.1) is 0 Å². The minimum absolute atomic E-state index is 0.0237. The quantitative estimate of drug-likeness (QED) is 0.602. The average Bonchev–Trinajstić information content (AvgIpc) is 2.92. The average molecular weight is 505 g/mol. The standard InChI is InChI=1S/C25H33ClN4O3S/c1-19-18-30(21-11-5-3-6-12-21)23-17-22(26)20(16-24(23)34(32,33)28(19)2)10-9-13-27-25(31)29-14-7-4-8-15-29/h3,5-6,11-12,16-17,19H,4,7-10,13-15,18H2,1-2H3,(H,27,31)/t19-/m1/s1. The Labute approximate surface area is 207 Å². The van der Waals surface area contributed by atoms with Crippen molar-refractivity contribution < 1.29 is 13.2 Å². The van der Waals surface area contributed by atoms with Gasteiger partial charge in [0.2, 0.25) is 10.0 Å². The van der Waals surface area contributed by atoms with Crippen molar-refractivity contribution in [1.29, 1.82) is 0 Å². The number of piperidine rings is 1. The second kappa shape index (κ2) is 10.5. The van der Waals surface area contributed by atoms with Crippen molar-refractivity contribution in [3.05, 3.63) is 53.1 Å². The van der Waals surface area contributed by atoms with E-state index in [9.17, 15) is 13.2 Å². The lowest BCUT2D eigenvalue weighted by atomic mass is 10.1. The number of para-hydroxylation sites is 1. The topological polar surface area (TPSA) is 73.0 Å². The van der Waals surface area contributed by atoms with Crippen LogP contribution in [0.1, 0.15) is 38.2 Å². The van der Waals surface area contributed by atoms with Gasteiger partial charge in [0, 0.05) is 50.0 Å². The smallest absolute Gasteiger partial charge is 0.317 e. The highest BCUT2D eigenvalue weighted by Gasteiger charge is 2.35. The van der Waals surface area contributed by atoms with E-state index in [1.54, 1.807) is 19.2 Å². The van der Waals surface area contributed by atoms with Gasteiger partial charge in [0.25, 0.3) is 0 Å². The summed E-state index contributed by atoms with van der Waals surface area (Å²) in [5, 5.41) is 3.52. The molecule has 1 fully saturated rings. The maximum atomic E-state index is 13.5. The molecule has 0 bridgehead atoms. The molecule has 0 radical (unpaired) electrons. The van der Waals surface area contributed by atoms with Crippen molar-refractivity contribution in [2.24, 2.45) is 0 Å². The molecule has 1 saturated heterocycles. The Bertz CT molecular complexity index is 1120. The van der Waals surface area contributed by atoms with E-state index >= 15 is 0 Å². The number of nitrogens with one attached hydrogen (secondary N) is 1. The van der Waals surface area contributed by atoms with Crippen LogP contribution in [0.2, 0.25) is 5.02 Å². The Morgan fingerprint density at radius 1 is 1.12 bits per heavy atom. The SMILES string of the molecule is C[C@@H]1CN(c2ccccc2)c2cc(Cl)c(CCCNC(=O)N3CCCCC3)cc2S(=O)(=O)N1C. The molecule has 0 unspecified atom stereocenters. The molecule has 0 aliphatic carbocycles. The van der Waals surface area contributed by atoms with Gasteiger partial charge in [0.15, 0.2) is 0 Å². The minimum atomic E-state index is -3.69. The fourth-order valence-corrected chi connectivity index (χ4v) is 6.43. The van der Waals surface area contributed by atoms with Gasteiger partial charge in [-0.3, -0.25) is 0 Å². The molecule has 2 aromatic carbocycles. The summed E-state index contributed by atoms with van der Waals surface area (Å²) < 4.78 is 28.4. The number of rotatable bonds is 5. The molecule has 1 atom stereocenters. The number of amides is 2. The molecule has 34 heavy (non-hydrogen) atoms. The number of carbonyl (C=O) groups excluding carboxylic acids is 1. The Morgan fingerprint density at radius 2 is 1.82 bits per heavy atom. The van der Waals surface area contributed by atoms with Crippen LogP contribution in [0.15, 0.2) is 47.4 Å². The molecule has 7 nitrogen and oxygen atoms in total. The summed E-state index contributed by atoms with van der Waals surface area (Å²) in [6, 6.07) is 13.0. The van der Waals surface area contributed by atoms with Crippen LogP contribution in [0.4, 0.5) is 16.2 Å². The number of aryl methyl sites for hydroxylation is 1. The van der Waals surface area contributed by atoms with Crippen molar-refractivity contribution in [3.8, 4) is 0 Å². The summed E-state index contributed by atoms with van der Waals surface area (Å²) in [6.45, 7) is 4.56. The molecule has 2 aliphatic heterocycles. The third-order valence-electron chi connectivity index (χ3n) is 6.75. The van der Waals surface area contributed by atoms with Crippen LogP contribution in [0, 0.1) is 0 Å². The third kappa shape index (κ3) is 5.19. The number of hydrogen-bond acceptors (Lipinski definition) is 4. The van der Waals surface area contributed by atoms with Gasteiger partial charge in [0.1, 0.15) is 4.90 Å². The minimum Gasteiger partial charge on any atom is -0.339 e. The largest absolute Gasteiger partial charge is 0.339 e. The van der Waals surface area contributed by atoms with E-state index in [1.165, 1.54) is 10.7 Å². The van der Waals surface area contributed by atoms with Crippen LogP contribution in [-0.4, -0.2) is 62.9 Å². The summed E-state index contributed by atoms with van der Waals surface area (Å²) in [5.41, 5.74) is 2.28. The molecule has 2 aromatic rings. The van der Waals surface area contributed by atoms with Crippen LogP contribution in [0.5, 0.6) is 0 Å². The van der Waals surface area contributed by atoms with Gasteiger partial charge in [-0.2, -0.15) is 4.31 Å². The lowest BCUT2D eigenvalue weighted by molar-refractivity contribution is 0.186. The zero-order chi connectivity index (χ0) is 24.3. The predicted molar refractivity (Wildman–Crippen MR) is 136 cm³/mol. The van der Waals surface area contributed by atoms with Crippen LogP contribution < -0.4 is 10.2 Å². The van der Waals surface area contributed by atoms with Crippen molar-refractivity contribution in [1.82, 2.24) is 14.5 Å². The Morgan fingerprint density at radius 3 is 2.53 bits per heavy atom. The number of urea groups is 1. The normalized spacial score (nSPS) is 20.5. The molecular weight excluding hydrogens is 472 g/mol. The van der Waals surface area contributed by atoms with E-state index in [4.69, 9.17) is 11.6 Å². The molecule has 0 aromatic heterocycles. The molecule has 9 heteroatoms. The maximum absolute atomic E-state index is 13.5. The lowest BCUT2D eigenvalue weighted by Crippen LogP contribution is -2.43. The zero-order valence-corrected chi connectivity index (χ0v) is 21.4. The molecule has 2 amide bonds. The first-order chi connectivity index (χ1) is 16.3. The van der Waals surface area contributed by atoms with Gasteiger partial charge < -0.3 is 15.1 Å². The van der Waals surface area contributed by atoms with Crippen LogP contribution in [-0.2, 0) is 16.4 Å². The summed E-state index contributed by atoms with van der Waals surface area (Å²) in [5.74, 6) is 0. The highest BCUT2D eigenvalue weighted by atomic mass is 35.5. The number of carbonyl (C=O) groups is 1.